The molecule has 1 aliphatic heterocycles. The summed E-state index contributed by atoms with van der Waals surface area (Å²) < 4.78 is 1.27. The van der Waals surface area contributed by atoms with E-state index in [0.29, 0.717) is 0 Å². The molecule has 0 saturated carbocycles. The zero-order valence-electron chi connectivity index (χ0n) is 9.64. The average Bonchev–Trinajstić information content (AvgIpc) is 2.98. The van der Waals surface area contributed by atoms with Crippen LogP contribution >= 0.6 is 33.9 Å². The lowest BCUT2D eigenvalue weighted by molar-refractivity contribution is 0.549. The van der Waals surface area contributed by atoms with Crippen LogP contribution in [0.15, 0.2) is 41.8 Å². The maximum absolute atomic E-state index is 6.18. The Labute approximate surface area is 124 Å². The van der Waals surface area contributed by atoms with Gasteiger partial charge >= 0.3 is 0 Å². The van der Waals surface area contributed by atoms with Crippen molar-refractivity contribution in [1.82, 2.24) is 10.9 Å². The molecule has 2 heterocycles. The molecule has 3 atom stereocenters. The first kappa shape index (κ1) is 12.6. The zero-order chi connectivity index (χ0) is 12.5. The topological polar surface area (TPSA) is 50.1 Å². The largest absolute Gasteiger partial charge is 0.314 e. The molecule has 3 rings (SSSR count). The summed E-state index contributed by atoms with van der Waals surface area (Å²) in [6.07, 6.45) is -0.0512. The number of nitrogens with two attached hydrogens (primary N) is 1. The van der Waals surface area contributed by atoms with Crippen molar-refractivity contribution in [3.63, 3.8) is 0 Å². The van der Waals surface area contributed by atoms with Gasteiger partial charge in [0.2, 0.25) is 0 Å². The van der Waals surface area contributed by atoms with E-state index in [9.17, 15) is 0 Å². The summed E-state index contributed by atoms with van der Waals surface area (Å²) in [6.45, 7) is 0. The van der Waals surface area contributed by atoms with E-state index in [4.69, 9.17) is 5.73 Å². The minimum atomic E-state index is -0.0512. The van der Waals surface area contributed by atoms with E-state index in [1.165, 1.54) is 14.0 Å². The first-order chi connectivity index (χ1) is 8.77. The van der Waals surface area contributed by atoms with Gasteiger partial charge in [0.05, 0.1) is 12.2 Å². The number of hydrogen-bond donors (Lipinski definition) is 3. The second-order valence-corrected chi connectivity index (χ2v) is 6.50. The van der Waals surface area contributed by atoms with Crippen LogP contribution in [0.2, 0.25) is 0 Å². The lowest BCUT2D eigenvalue weighted by Crippen LogP contribution is -2.38. The van der Waals surface area contributed by atoms with Crippen molar-refractivity contribution in [3.05, 3.63) is 55.8 Å². The summed E-state index contributed by atoms with van der Waals surface area (Å²) in [5.74, 6) is 0.279. The average molecular weight is 371 g/mol. The molecule has 0 spiro atoms. The first-order valence-corrected chi connectivity index (χ1v) is 7.77. The number of rotatable bonds is 2. The Bertz CT molecular complexity index is 529. The van der Waals surface area contributed by atoms with Gasteiger partial charge in [0.15, 0.2) is 0 Å². The van der Waals surface area contributed by atoms with E-state index in [0.717, 1.165) is 0 Å². The SMILES string of the molecule is NC1NNC(c2ccccc2I)C1c1cccs1. The minimum absolute atomic E-state index is 0.0512. The van der Waals surface area contributed by atoms with Gasteiger partial charge in [0.25, 0.3) is 0 Å². The lowest BCUT2D eigenvalue weighted by atomic mass is 9.92. The molecule has 94 valence electrons. The first-order valence-electron chi connectivity index (χ1n) is 5.82. The third-order valence-electron chi connectivity index (χ3n) is 3.26. The fourth-order valence-electron chi connectivity index (χ4n) is 2.39. The molecule has 2 aromatic rings. The van der Waals surface area contributed by atoms with Crippen LogP contribution in [0.25, 0.3) is 0 Å². The number of nitrogens with one attached hydrogen (secondary N) is 2. The predicted molar refractivity (Wildman–Crippen MR) is 83.2 cm³/mol. The molecule has 0 aliphatic carbocycles. The van der Waals surface area contributed by atoms with Crippen LogP contribution in [0.5, 0.6) is 0 Å². The monoisotopic (exact) mass is 371 g/mol. The maximum atomic E-state index is 6.18. The van der Waals surface area contributed by atoms with Crippen molar-refractivity contribution in [2.24, 2.45) is 5.73 Å². The number of benzene rings is 1. The summed E-state index contributed by atoms with van der Waals surface area (Å²) in [5.41, 5.74) is 14.0. The van der Waals surface area contributed by atoms with Gasteiger partial charge in [0.1, 0.15) is 0 Å². The van der Waals surface area contributed by atoms with E-state index in [1.807, 2.05) is 0 Å². The lowest BCUT2D eigenvalue weighted by Gasteiger charge is -2.21. The molecule has 1 aromatic carbocycles. The Morgan fingerprint density at radius 2 is 1.94 bits per heavy atom. The van der Waals surface area contributed by atoms with Crippen molar-refractivity contribution in [3.8, 4) is 0 Å². The van der Waals surface area contributed by atoms with Crippen LogP contribution in [0.4, 0.5) is 0 Å². The Morgan fingerprint density at radius 3 is 2.67 bits per heavy atom. The van der Waals surface area contributed by atoms with Crippen molar-refractivity contribution in [1.29, 1.82) is 0 Å². The summed E-state index contributed by atoms with van der Waals surface area (Å²) in [7, 11) is 0. The normalized spacial score (nSPS) is 27.6. The number of hydrazine groups is 1. The van der Waals surface area contributed by atoms with E-state index in [1.54, 1.807) is 11.3 Å². The summed E-state index contributed by atoms with van der Waals surface area (Å²) in [5, 5.41) is 2.10. The highest BCUT2D eigenvalue weighted by atomic mass is 127. The third-order valence-corrected chi connectivity index (χ3v) is 5.22. The van der Waals surface area contributed by atoms with E-state index in [-0.39, 0.29) is 18.1 Å². The Hall–Kier alpha value is -0.470. The maximum Gasteiger partial charge on any atom is 0.0775 e. The highest BCUT2D eigenvalue weighted by Gasteiger charge is 2.37. The summed E-state index contributed by atoms with van der Waals surface area (Å²) >= 11 is 4.15. The van der Waals surface area contributed by atoms with Gasteiger partial charge in [-0.25, -0.2) is 10.9 Å². The molecule has 1 saturated heterocycles. The van der Waals surface area contributed by atoms with E-state index >= 15 is 0 Å². The zero-order valence-corrected chi connectivity index (χ0v) is 12.6. The van der Waals surface area contributed by atoms with Crippen LogP contribution in [-0.2, 0) is 0 Å². The van der Waals surface area contributed by atoms with Crippen molar-refractivity contribution >= 4 is 33.9 Å². The van der Waals surface area contributed by atoms with Crippen LogP contribution in [0.3, 0.4) is 0 Å². The van der Waals surface area contributed by atoms with Gasteiger partial charge in [-0.05, 0) is 45.7 Å². The molecule has 4 N–H and O–H groups in total. The van der Waals surface area contributed by atoms with E-state index < -0.39 is 0 Å². The van der Waals surface area contributed by atoms with E-state index in [2.05, 4.69) is 75.2 Å². The molecule has 1 aromatic heterocycles. The quantitative estimate of drug-likeness (QED) is 0.712. The van der Waals surface area contributed by atoms with Gasteiger partial charge in [-0.3, -0.25) is 0 Å². The number of hydrogen-bond acceptors (Lipinski definition) is 4. The van der Waals surface area contributed by atoms with Crippen molar-refractivity contribution in [2.75, 3.05) is 0 Å². The van der Waals surface area contributed by atoms with Crippen LogP contribution in [0, 0.1) is 3.57 Å². The molecule has 18 heavy (non-hydrogen) atoms. The van der Waals surface area contributed by atoms with Gasteiger partial charge < -0.3 is 5.73 Å². The molecular formula is C13H14IN3S. The molecule has 3 unspecified atom stereocenters. The fourth-order valence-corrected chi connectivity index (χ4v) is 4.03. The highest BCUT2D eigenvalue weighted by molar-refractivity contribution is 14.1. The predicted octanol–water partition coefficient (Wildman–Crippen LogP) is 2.57. The number of thiophene rings is 1. The van der Waals surface area contributed by atoms with Gasteiger partial charge in [-0.2, -0.15) is 0 Å². The molecular weight excluding hydrogens is 357 g/mol. The van der Waals surface area contributed by atoms with Crippen LogP contribution in [0.1, 0.15) is 22.4 Å². The van der Waals surface area contributed by atoms with Gasteiger partial charge in [-0.15, -0.1) is 11.3 Å². The Kier molecular flexibility index (Phi) is 3.67. The second-order valence-electron chi connectivity index (χ2n) is 4.35. The van der Waals surface area contributed by atoms with Gasteiger partial charge in [-0.1, -0.05) is 24.3 Å². The van der Waals surface area contributed by atoms with Gasteiger partial charge in [0, 0.05) is 14.4 Å². The summed E-state index contributed by atoms with van der Waals surface area (Å²) in [4.78, 5) is 1.32. The number of halogens is 1. The smallest absolute Gasteiger partial charge is 0.0775 e. The molecule has 3 nitrogen and oxygen atoms in total. The highest BCUT2D eigenvalue weighted by Crippen LogP contribution is 2.38. The minimum Gasteiger partial charge on any atom is -0.314 e. The molecule has 0 radical (unpaired) electrons. The molecule has 1 aliphatic rings. The van der Waals surface area contributed by atoms with Crippen LogP contribution in [-0.4, -0.2) is 6.17 Å². The van der Waals surface area contributed by atoms with Crippen LogP contribution < -0.4 is 16.6 Å². The summed E-state index contributed by atoms with van der Waals surface area (Å²) in [6, 6.07) is 12.9. The van der Waals surface area contributed by atoms with Crippen molar-refractivity contribution in [2.45, 2.75) is 18.1 Å². The molecule has 0 amide bonds. The molecule has 0 bridgehead atoms. The fraction of sp³-hybridized carbons (Fsp3) is 0.231. The second kappa shape index (κ2) is 5.26. The Morgan fingerprint density at radius 1 is 1.11 bits per heavy atom. The third kappa shape index (κ3) is 2.21. The Balaban J connectivity index is 1.99. The molecule has 1 fully saturated rings. The molecule has 5 heteroatoms. The van der Waals surface area contributed by atoms with Crippen molar-refractivity contribution < 1.29 is 0 Å². The standard InChI is InChI=1S/C13H14IN3S/c14-9-5-2-1-4-8(9)12-11(13(15)17-16-12)10-6-3-7-18-10/h1-7,11-13,16-17H,15H2.